The second-order valence-corrected chi connectivity index (χ2v) is 10.5. The third-order valence-electron chi connectivity index (χ3n) is 7.45. The van der Waals surface area contributed by atoms with E-state index in [0.29, 0.717) is 0 Å². The number of likely N-dealkylation sites (N-methyl/N-ethyl adjacent to an activating group) is 1. The van der Waals surface area contributed by atoms with E-state index >= 15 is 0 Å². The minimum atomic E-state index is -1.72. The second kappa shape index (κ2) is 8.99. The molecule has 2 aromatic carbocycles. The summed E-state index contributed by atoms with van der Waals surface area (Å²) in [6.07, 6.45) is -7.96. The molecule has 12 nitrogen and oxygen atoms in total. The van der Waals surface area contributed by atoms with Crippen molar-refractivity contribution in [1.29, 1.82) is 0 Å². The third-order valence-corrected chi connectivity index (χ3v) is 7.45. The molecule has 0 radical (unpaired) electrons. The molecule has 12 heteroatoms. The normalized spacial score (nSPS) is 32.6. The number of hydrogen-bond acceptors (Lipinski definition) is 12. The zero-order chi connectivity index (χ0) is 27.8. The number of aliphatic hydroxyl groups excluding tert-OH is 4. The molecule has 0 amide bonds. The fourth-order valence-electron chi connectivity index (χ4n) is 5.72. The van der Waals surface area contributed by atoms with Crippen molar-refractivity contribution in [1.82, 2.24) is 4.90 Å². The Labute approximate surface area is 216 Å². The predicted molar refractivity (Wildman–Crippen MR) is 128 cm³/mol. The average Bonchev–Trinajstić information content (AvgIpc) is 2.82. The summed E-state index contributed by atoms with van der Waals surface area (Å²) in [5, 5.41) is 74.4. The van der Waals surface area contributed by atoms with Crippen molar-refractivity contribution < 1.29 is 54.8 Å². The molecule has 7 N–H and O–H groups in total. The Bertz CT molecular complexity index is 1340. The number of carbonyl (C=O) groups is 2. The highest BCUT2D eigenvalue weighted by Gasteiger charge is 2.48. The number of ketones is 2. The van der Waals surface area contributed by atoms with Gasteiger partial charge in [0.05, 0.1) is 34.4 Å². The van der Waals surface area contributed by atoms with Gasteiger partial charge in [-0.25, -0.2) is 0 Å². The van der Waals surface area contributed by atoms with Crippen LogP contribution in [0.5, 0.6) is 17.2 Å². The van der Waals surface area contributed by atoms with Crippen LogP contribution in [-0.2, 0) is 11.2 Å². The van der Waals surface area contributed by atoms with Crippen molar-refractivity contribution in [2.45, 2.75) is 62.3 Å². The van der Waals surface area contributed by atoms with Crippen LogP contribution in [0.1, 0.15) is 62.4 Å². The van der Waals surface area contributed by atoms with E-state index in [2.05, 4.69) is 0 Å². The van der Waals surface area contributed by atoms with Gasteiger partial charge in [-0.3, -0.25) is 9.59 Å². The molecule has 0 saturated carbocycles. The van der Waals surface area contributed by atoms with E-state index in [4.69, 9.17) is 9.47 Å². The maximum atomic E-state index is 13.7. The first kappa shape index (κ1) is 26.5. The summed E-state index contributed by atoms with van der Waals surface area (Å²) in [7, 11) is 3.14. The smallest absolute Gasteiger partial charge is 0.230 e. The number of hydrogen-bond donors (Lipinski definition) is 7. The quantitative estimate of drug-likeness (QED) is 0.210. The van der Waals surface area contributed by atoms with E-state index in [-0.39, 0.29) is 40.8 Å². The second-order valence-electron chi connectivity index (χ2n) is 10.5. The van der Waals surface area contributed by atoms with Crippen molar-refractivity contribution in [3.63, 3.8) is 0 Å². The molecule has 5 rings (SSSR count). The monoisotopic (exact) mass is 531 g/mol. The molecule has 7 unspecified atom stereocenters. The lowest BCUT2D eigenvalue weighted by Gasteiger charge is -2.43. The minimum Gasteiger partial charge on any atom is -0.507 e. The molecule has 2 aliphatic carbocycles. The molecule has 3 aliphatic rings. The summed E-state index contributed by atoms with van der Waals surface area (Å²) >= 11 is 0. The molecule has 7 atom stereocenters. The largest absolute Gasteiger partial charge is 0.507 e. The maximum Gasteiger partial charge on any atom is 0.230 e. The minimum absolute atomic E-state index is 0.0250. The summed E-state index contributed by atoms with van der Waals surface area (Å²) in [5.41, 5.74) is -3.02. The number of nitrogens with zero attached hydrogens (tertiary/aromatic N) is 1. The first-order valence-electron chi connectivity index (χ1n) is 12.0. The fraction of sp³-hybridized carbons (Fsp3) is 0.462. The van der Waals surface area contributed by atoms with E-state index in [1.54, 1.807) is 14.1 Å². The lowest BCUT2D eigenvalue weighted by Crippen LogP contribution is -2.63. The van der Waals surface area contributed by atoms with Crippen LogP contribution >= 0.6 is 0 Å². The Hall–Kier alpha value is -3.10. The van der Waals surface area contributed by atoms with E-state index in [1.807, 2.05) is 0 Å². The van der Waals surface area contributed by atoms with Gasteiger partial charge in [0, 0.05) is 29.5 Å². The highest BCUT2D eigenvalue weighted by Crippen LogP contribution is 2.50. The molecule has 1 aliphatic heterocycles. The number of aromatic hydroxyl groups is 2. The topological polar surface area (TPSA) is 197 Å². The van der Waals surface area contributed by atoms with Crippen LogP contribution in [0, 0.1) is 0 Å². The van der Waals surface area contributed by atoms with E-state index in [1.165, 1.54) is 30.0 Å². The number of benzene rings is 2. The molecular weight excluding hydrogens is 502 g/mol. The summed E-state index contributed by atoms with van der Waals surface area (Å²) < 4.78 is 11.0. The van der Waals surface area contributed by atoms with Gasteiger partial charge < -0.3 is 50.1 Å². The van der Waals surface area contributed by atoms with Gasteiger partial charge in [-0.2, -0.15) is 0 Å². The van der Waals surface area contributed by atoms with E-state index < -0.39 is 76.7 Å². The van der Waals surface area contributed by atoms with Gasteiger partial charge in [0.2, 0.25) is 12.1 Å². The number of carbonyl (C=O) groups excluding carboxylic acids is 2. The summed E-state index contributed by atoms with van der Waals surface area (Å²) in [6, 6.07) is 3.06. The van der Waals surface area contributed by atoms with Gasteiger partial charge in [-0.1, -0.05) is 12.1 Å². The molecule has 2 aromatic rings. The Morgan fingerprint density at radius 2 is 1.63 bits per heavy atom. The van der Waals surface area contributed by atoms with Crippen molar-refractivity contribution in [2.24, 2.45) is 0 Å². The number of phenolic OH excluding ortho intramolecular Hbond substituents is 2. The van der Waals surface area contributed by atoms with Gasteiger partial charge in [0.15, 0.2) is 12.1 Å². The van der Waals surface area contributed by atoms with Crippen LogP contribution in [0.4, 0.5) is 0 Å². The fourth-order valence-corrected chi connectivity index (χ4v) is 5.72. The molecule has 1 saturated heterocycles. The number of rotatable bonds is 3. The highest BCUT2D eigenvalue weighted by atomic mass is 16.7. The molecule has 0 aromatic heterocycles. The van der Waals surface area contributed by atoms with Crippen molar-refractivity contribution in [2.75, 3.05) is 14.1 Å². The zero-order valence-corrected chi connectivity index (χ0v) is 20.8. The van der Waals surface area contributed by atoms with Crippen LogP contribution in [0.15, 0.2) is 18.2 Å². The maximum absolute atomic E-state index is 13.7. The lowest BCUT2D eigenvalue weighted by molar-refractivity contribution is -0.309. The Kier molecular flexibility index (Phi) is 6.27. The van der Waals surface area contributed by atoms with Crippen LogP contribution in [0.3, 0.4) is 0 Å². The van der Waals surface area contributed by atoms with Crippen molar-refractivity contribution in [3.8, 4) is 17.2 Å². The SMILES string of the molecule is CN(C)C1C(O)C(O)OC(Oc2cccc3c2C(=O)c2c(O)c4c(c(O)c2C3=O)CC(C)(O)CC4O)C1O. The van der Waals surface area contributed by atoms with Crippen molar-refractivity contribution >= 4 is 11.6 Å². The van der Waals surface area contributed by atoms with E-state index in [0.717, 1.165) is 0 Å². The highest BCUT2D eigenvalue weighted by molar-refractivity contribution is 6.31. The number of ether oxygens (including phenoxy) is 2. The number of phenols is 2. The van der Waals surface area contributed by atoms with Gasteiger partial charge in [0.1, 0.15) is 29.5 Å². The molecule has 38 heavy (non-hydrogen) atoms. The average molecular weight is 532 g/mol. The van der Waals surface area contributed by atoms with Crippen LogP contribution in [0.2, 0.25) is 0 Å². The number of aliphatic hydroxyl groups is 5. The first-order valence-corrected chi connectivity index (χ1v) is 12.0. The van der Waals surface area contributed by atoms with Crippen LogP contribution < -0.4 is 4.74 Å². The van der Waals surface area contributed by atoms with Gasteiger partial charge in [0.25, 0.3) is 0 Å². The summed E-state index contributed by atoms with van der Waals surface area (Å²) in [6.45, 7) is 1.44. The molecule has 0 spiro atoms. The molecule has 204 valence electrons. The lowest BCUT2D eigenvalue weighted by atomic mass is 9.73. The summed E-state index contributed by atoms with van der Waals surface area (Å²) in [4.78, 5) is 28.7. The van der Waals surface area contributed by atoms with Gasteiger partial charge >= 0.3 is 0 Å². The molecule has 1 fully saturated rings. The Morgan fingerprint density at radius 1 is 0.974 bits per heavy atom. The Morgan fingerprint density at radius 3 is 2.29 bits per heavy atom. The van der Waals surface area contributed by atoms with Crippen LogP contribution in [-0.4, -0.2) is 103 Å². The van der Waals surface area contributed by atoms with Crippen molar-refractivity contribution in [3.05, 3.63) is 51.6 Å². The van der Waals surface area contributed by atoms with Crippen LogP contribution in [0.25, 0.3) is 0 Å². The molecular formula is C26H29NO11. The standard InChI is InChI=1S/C26H29NO11/c1-26(36)7-10-13(11(28)8-26)20(31)16-15(19(10)30)18(29)9-5-4-6-12(14(9)21(16)32)37-25-23(34)17(27(2)3)22(33)24(35)38-25/h4-6,11,17,22-25,28,30-31,33-36H,7-8H2,1-3H3. The van der Waals surface area contributed by atoms with E-state index in [9.17, 15) is 45.3 Å². The molecule has 0 bridgehead atoms. The number of fused-ring (bicyclic) bond motifs is 3. The zero-order valence-electron chi connectivity index (χ0n) is 20.8. The predicted octanol–water partition coefficient (Wildman–Crippen LogP) is -0.691. The van der Waals surface area contributed by atoms with Gasteiger partial charge in [-0.05, 0) is 27.1 Å². The Balaban J connectivity index is 1.61. The first-order chi connectivity index (χ1) is 17.7. The van der Waals surface area contributed by atoms with Gasteiger partial charge in [-0.15, -0.1) is 0 Å². The summed E-state index contributed by atoms with van der Waals surface area (Å²) in [5.74, 6) is -3.20. The third kappa shape index (κ3) is 3.88. The molecule has 1 heterocycles.